The topological polar surface area (TPSA) is 104 Å². The van der Waals surface area contributed by atoms with Crippen LogP contribution in [-0.4, -0.2) is 90.2 Å². The average molecular weight is 509 g/mol. The first kappa shape index (κ1) is 26.7. The number of rotatable bonds is 8. The van der Waals surface area contributed by atoms with Gasteiger partial charge in [-0.15, -0.1) is 0 Å². The second-order valence-corrected chi connectivity index (χ2v) is 11.9. The summed E-state index contributed by atoms with van der Waals surface area (Å²) in [4.78, 5) is 12.7. The van der Waals surface area contributed by atoms with Gasteiger partial charge in [0, 0.05) is 31.8 Å². The van der Waals surface area contributed by atoms with Crippen LogP contribution in [0.15, 0.2) is 12.2 Å². The lowest BCUT2D eigenvalue weighted by atomic mass is 9.81. The molecule has 0 saturated carbocycles. The van der Waals surface area contributed by atoms with E-state index in [0.29, 0.717) is 31.8 Å². The number of hydrogen-bond acceptors (Lipinski definition) is 8. The van der Waals surface area contributed by atoms with Gasteiger partial charge in [0.1, 0.15) is 18.0 Å². The summed E-state index contributed by atoms with van der Waals surface area (Å²) in [6, 6.07) is 0. The monoisotopic (exact) mass is 508 g/mol. The molecular weight excluding hydrogens is 464 g/mol. The molecule has 0 radical (unpaired) electrons. The fourth-order valence-corrected chi connectivity index (χ4v) is 6.85. The largest absolute Gasteiger partial charge is 0.390 e. The summed E-state index contributed by atoms with van der Waals surface area (Å²) in [5, 5.41) is 22.0. The lowest BCUT2D eigenvalue weighted by Gasteiger charge is -2.49. The van der Waals surface area contributed by atoms with Crippen LogP contribution in [0.25, 0.3) is 0 Å². The van der Waals surface area contributed by atoms with Crippen molar-refractivity contribution >= 4 is 5.78 Å². The summed E-state index contributed by atoms with van der Waals surface area (Å²) in [5.74, 6) is 0.251. The minimum Gasteiger partial charge on any atom is -0.390 e. The Morgan fingerprint density at radius 2 is 1.69 bits per heavy atom. The molecule has 5 aliphatic heterocycles. The zero-order chi connectivity index (χ0) is 25.4. The summed E-state index contributed by atoms with van der Waals surface area (Å²) in [6.45, 7) is 9.34. The number of aliphatic hydroxyl groups is 2. The normalized spacial score (nSPS) is 47.3. The summed E-state index contributed by atoms with van der Waals surface area (Å²) in [5.41, 5.74) is 1.14. The maximum atomic E-state index is 12.7. The minimum absolute atomic E-state index is 0.0425. The highest BCUT2D eigenvalue weighted by Crippen LogP contribution is 2.40. The molecule has 0 aromatic carbocycles. The summed E-state index contributed by atoms with van der Waals surface area (Å²) in [6.07, 6.45) is 3.64. The van der Waals surface area contributed by atoms with E-state index < -0.39 is 30.5 Å². The van der Waals surface area contributed by atoms with Crippen molar-refractivity contribution in [3.8, 4) is 0 Å². The van der Waals surface area contributed by atoms with Gasteiger partial charge in [0.05, 0.1) is 55.4 Å². The van der Waals surface area contributed by atoms with Crippen molar-refractivity contribution in [1.29, 1.82) is 0 Å². The van der Waals surface area contributed by atoms with Crippen LogP contribution in [-0.2, 0) is 28.5 Å². The van der Waals surface area contributed by atoms with E-state index in [-0.39, 0.29) is 42.2 Å². The maximum Gasteiger partial charge on any atom is 0.135 e. The highest BCUT2D eigenvalue weighted by molar-refractivity contribution is 5.79. The minimum atomic E-state index is -0.734. The van der Waals surface area contributed by atoms with Crippen LogP contribution in [0.1, 0.15) is 71.6 Å². The predicted octanol–water partition coefficient (Wildman–Crippen LogP) is 2.72. The summed E-state index contributed by atoms with van der Waals surface area (Å²) >= 11 is 0. The Bertz CT molecular complexity index is 786. The molecule has 2 N–H and O–H groups in total. The van der Waals surface area contributed by atoms with Crippen molar-refractivity contribution in [2.24, 2.45) is 11.8 Å². The fourth-order valence-electron chi connectivity index (χ4n) is 6.85. The Kier molecular flexibility index (Phi) is 8.52. The molecule has 0 aromatic heterocycles. The van der Waals surface area contributed by atoms with E-state index in [1.807, 2.05) is 13.8 Å². The molecular formula is C28H44O8. The van der Waals surface area contributed by atoms with Crippen LogP contribution < -0.4 is 0 Å². The molecule has 0 spiro atoms. The highest BCUT2D eigenvalue weighted by atomic mass is 16.6. The van der Waals surface area contributed by atoms with Gasteiger partial charge in [0.25, 0.3) is 0 Å². The van der Waals surface area contributed by atoms with E-state index in [2.05, 4.69) is 6.58 Å². The van der Waals surface area contributed by atoms with Gasteiger partial charge in [-0.25, -0.2) is 0 Å². The Balaban J connectivity index is 1.11. The third-order valence-electron chi connectivity index (χ3n) is 9.10. The number of carbonyl (C=O) groups excluding carboxylic acids is 1. The van der Waals surface area contributed by atoms with E-state index in [4.69, 9.17) is 23.7 Å². The lowest BCUT2D eigenvalue weighted by Crippen LogP contribution is -2.61. The standard InChI is InChI=1S/C28H44O8/c1-15-10-20(33-14-15)4-5-22-13-23(30)27(34-22)26-16(2)25(31)28-24(36-26)7-6-21(35-28)12-19(29)11-18-8-9-32-17(18)3/h16-18,20-28,30-31H,1,4-14H2,2-3H3/t16?,17-,18-,20?,21+,22?,23?,24?,25?,26+,27?,28-/m0/s1. The van der Waals surface area contributed by atoms with Gasteiger partial charge in [-0.1, -0.05) is 13.5 Å². The van der Waals surface area contributed by atoms with Crippen molar-refractivity contribution in [3.05, 3.63) is 12.2 Å². The third-order valence-corrected chi connectivity index (χ3v) is 9.10. The number of ether oxygens (including phenoxy) is 5. The molecule has 0 aromatic rings. The number of carbonyl (C=O) groups is 1. The first-order valence-corrected chi connectivity index (χ1v) is 14.0. The van der Waals surface area contributed by atoms with E-state index >= 15 is 0 Å². The van der Waals surface area contributed by atoms with Crippen LogP contribution in [0.3, 0.4) is 0 Å². The van der Waals surface area contributed by atoms with E-state index in [9.17, 15) is 15.0 Å². The number of ketones is 1. The first-order chi connectivity index (χ1) is 17.3. The molecule has 36 heavy (non-hydrogen) atoms. The molecule has 0 bridgehead atoms. The van der Waals surface area contributed by atoms with Crippen molar-refractivity contribution in [1.82, 2.24) is 0 Å². The van der Waals surface area contributed by atoms with Gasteiger partial charge >= 0.3 is 0 Å². The van der Waals surface area contributed by atoms with Crippen LogP contribution in [0.2, 0.25) is 0 Å². The smallest absolute Gasteiger partial charge is 0.135 e. The van der Waals surface area contributed by atoms with Crippen molar-refractivity contribution in [3.63, 3.8) is 0 Å². The van der Waals surface area contributed by atoms with Crippen LogP contribution in [0.4, 0.5) is 0 Å². The number of Topliss-reactive ketones (excluding diaryl/α,β-unsaturated/α-hetero) is 1. The molecule has 5 heterocycles. The van der Waals surface area contributed by atoms with Gasteiger partial charge in [0.2, 0.25) is 0 Å². The molecule has 8 heteroatoms. The zero-order valence-electron chi connectivity index (χ0n) is 21.8. The molecule has 7 unspecified atom stereocenters. The zero-order valence-corrected chi connectivity index (χ0v) is 21.8. The Morgan fingerprint density at radius 3 is 2.42 bits per heavy atom. The number of hydrogen-bond donors (Lipinski definition) is 2. The molecule has 8 nitrogen and oxygen atoms in total. The molecule has 5 fully saturated rings. The Morgan fingerprint density at radius 1 is 0.917 bits per heavy atom. The molecule has 12 atom stereocenters. The maximum absolute atomic E-state index is 12.7. The number of fused-ring (bicyclic) bond motifs is 1. The van der Waals surface area contributed by atoms with Gasteiger partial charge in [-0.3, -0.25) is 4.79 Å². The number of aliphatic hydroxyl groups excluding tert-OH is 2. The Labute approximate surface area is 214 Å². The molecule has 5 rings (SSSR count). The average Bonchev–Trinajstić information content (AvgIpc) is 3.55. The van der Waals surface area contributed by atoms with Crippen molar-refractivity contribution < 1.29 is 38.7 Å². The lowest BCUT2D eigenvalue weighted by molar-refractivity contribution is -0.267. The van der Waals surface area contributed by atoms with Crippen LogP contribution in [0, 0.1) is 11.8 Å². The first-order valence-electron chi connectivity index (χ1n) is 14.0. The SMILES string of the molecule is C=C1COC(CCC2CC(O)C([C@@H]3OC4CC[C@H](CC(=O)C[C@@H]5CCO[C@H]5C)O[C@@H]4C(O)C3C)O2)C1. The van der Waals surface area contributed by atoms with E-state index in [0.717, 1.165) is 50.7 Å². The fraction of sp³-hybridized carbons (Fsp3) is 0.893. The summed E-state index contributed by atoms with van der Waals surface area (Å²) < 4.78 is 30.3. The molecule has 204 valence electrons. The molecule has 5 aliphatic rings. The van der Waals surface area contributed by atoms with Gasteiger partial charge < -0.3 is 33.9 Å². The third kappa shape index (κ3) is 5.90. The van der Waals surface area contributed by atoms with E-state index in [1.165, 1.54) is 0 Å². The Hall–Kier alpha value is -0.870. The highest BCUT2D eigenvalue weighted by Gasteiger charge is 2.52. The van der Waals surface area contributed by atoms with Crippen molar-refractivity contribution in [2.75, 3.05) is 13.2 Å². The van der Waals surface area contributed by atoms with Crippen LogP contribution >= 0.6 is 0 Å². The second kappa shape index (κ2) is 11.5. The van der Waals surface area contributed by atoms with E-state index in [1.54, 1.807) is 0 Å². The quantitative estimate of drug-likeness (QED) is 0.483. The molecule has 5 saturated heterocycles. The summed E-state index contributed by atoms with van der Waals surface area (Å²) in [7, 11) is 0. The second-order valence-electron chi connectivity index (χ2n) is 11.9. The molecule has 0 amide bonds. The van der Waals surface area contributed by atoms with Gasteiger partial charge in [0.15, 0.2) is 0 Å². The van der Waals surface area contributed by atoms with Gasteiger partial charge in [-0.05, 0) is 56.9 Å². The predicted molar refractivity (Wildman–Crippen MR) is 132 cm³/mol. The van der Waals surface area contributed by atoms with Crippen LogP contribution in [0.5, 0.6) is 0 Å². The van der Waals surface area contributed by atoms with Crippen molar-refractivity contribution in [2.45, 2.75) is 133 Å². The molecule has 0 aliphatic carbocycles. The van der Waals surface area contributed by atoms with Gasteiger partial charge in [-0.2, -0.15) is 0 Å².